The molecule has 3 heterocycles. The van der Waals surface area contributed by atoms with E-state index in [9.17, 15) is 4.79 Å². The molecule has 1 amide bonds. The van der Waals surface area contributed by atoms with E-state index in [0.29, 0.717) is 17.2 Å². The summed E-state index contributed by atoms with van der Waals surface area (Å²) in [7, 11) is 0. The second-order valence-electron chi connectivity index (χ2n) is 4.04. The lowest BCUT2D eigenvalue weighted by Gasteiger charge is -1.97. The Bertz CT molecular complexity index is 752. The molecule has 0 saturated heterocycles. The molecule has 3 aromatic heterocycles. The SMILES string of the molecule is NC(=O)c1cc(-c2n[nH]c(-c3ccncc3)n2)ccn1. The Morgan fingerprint density at radius 1 is 1.10 bits per heavy atom. The Kier molecular flexibility index (Phi) is 2.92. The van der Waals surface area contributed by atoms with E-state index >= 15 is 0 Å². The molecule has 0 aromatic carbocycles. The maximum Gasteiger partial charge on any atom is 0.267 e. The lowest BCUT2D eigenvalue weighted by atomic mass is 10.2. The Balaban J connectivity index is 1.98. The first-order valence-corrected chi connectivity index (χ1v) is 5.83. The molecule has 20 heavy (non-hydrogen) atoms. The van der Waals surface area contributed by atoms with Crippen LogP contribution in [0.3, 0.4) is 0 Å². The minimum absolute atomic E-state index is 0.178. The van der Waals surface area contributed by atoms with Crippen LogP contribution in [0.5, 0.6) is 0 Å². The van der Waals surface area contributed by atoms with Gasteiger partial charge >= 0.3 is 0 Å². The zero-order chi connectivity index (χ0) is 13.9. The summed E-state index contributed by atoms with van der Waals surface area (Å²) in [5, 5.41) is 6.97. The molecule has 0 aliphatic heterocycles. The quantitative estimate of drug-likeness (QED) is 0.735. The van der Waals surface area contributed by atoms with E-state index in [4.69, 9.17) is 5.73 Å². The fourth-order valence-electron chi connectivity index (χ4n) is 1.73. The molecule has 0 aliphatic carbocycles. The molecule has 0 radical (unpaired) electrons. The van der Waals surface area contributed by atoms with Gasteiger partial charge in [-0.1, -0.05) is 0 Å². The van der Waals surface area contributed by atoms with E-state index in [1.54, 1.807) is 24.5 Å². The summed E-state index contributed by atoms with van der Waals surface area (Å²) in [6, 6.07) is 6.92. The van der Waals surface area contributed by atoms with E-state index in [1.807, 2.05) is 12.1 Å². The summed E-state index contributed by atoms with van der Waals surface area (Å²) in [6.07, 6.45) is 4.85. The first-order chi connectivity index (χ1) is 9.74. The number of hydrogen-bond donors (Lipinski definition) is 2. The fourth-order valence-corrected chi connectivity index (χ4v) is 1.73. The third-order valence-corrected chi connectivity index (χ3v) is 2.71. The van der Waals surface area contributed by atoms with Crippen LogP contribution >= 0.6 is 0 Å². The highest BCUT2D eigenvalue weighted by molar-refractivity contribution is 5.91. The van der Waals surface area contributed by atoms with Gasteiger partial charge in [-0.15, -0.1) is 0 Å². The number of pyridine rings is 2. The van der Waals surface area contributed by atoms with Crippen LogP contribution in [0.1, 0.15) is 10.5 Å². The van der Waals surface area contributed by atoms with Crippen LogP contribution in [0.2, 0.25) is 0 Å². The Morgan fingerprint density at radius 2 is 1.85 bits per heavy atom. The summed E-state index contributed by atoms with van der Waals surface area (Å²) in [6.45, 7) is 0. The monoisotopic (exact) mass is 266 g/mol. The molecule has 0 saturated carbocycles. The van der Waals surface area contributed by atoms with Gasteiger partial charge in [0.05, 0.1) is 0 Å². The normalized spacial score (nSPS) is 10.4. The van der Waals surface area contributed by atoms with Gasteiger partial charge in [0, 0.05) is 29.7 Å². The number of nitrogens with two attached hydrogens (primary N) is 1. The number of primary amides is 1. The first-order valence-electron chi connectivity index (χ1n) is 5.83. The molecule has 0 fully saturated rings. The Hall–Kier alpha value is -3.09. The minimum atomic E-state index is -0.586. The van der Waals surface area contributed by atoms with Gasteiger partial charge in [-0.25, -0.2) is 4.98 Å². The highest BCUT2D eigenvalue weighted by atomic mass is 16.1. The third-order valence-electron chi connectivity index (χ3n) is 2.71. The van der Waals surface area contributed by atoms with Crippen molar-refractivity contribution < 1.29 is 4.79 Å². The van der Waals surface area contributed by atoms with Gasteiger partial charge in [-0.05, 0) is 24.3 Å². The molecule has 7 heteroatoms. The molecule has 98 valence electrons. The molecule has 0 spiro atoms. The number of hydrogen-bond acceptors (Lipinski definition) is 5. The molecule has 3 N–H and O–H groups in total. The molecular formula is C13H10N6O. The standard InChI is InChI=1S/C13H10N6O/c14-11(20)10-7-9(3-6-16-10)13-17-12(18-19-13)8-1-4-15-5-2-8/h1-7H,(H2,14,20)(H,17,18,19). The van der Waals surface area contributed by atoms with Crippen molar-refractivity contribution in [2.45, 2.75) is 0 Å². The smallest absolute Gasteiger partial charge is 0.267 e. The van der Waals surface area contributed by atoms with Crippen LogP contribution in [0.4, 0.5) is 0 Å². The summed E-state index contributed by atoms with van der Waals surface area (Å²) in [5.41, 5.74) is 6.93. The van der Waals surface area contributed by atoms with Crippen LogP contribution in [0, 0.1) is 0 Å². The van der Waals surface area contributed by atoms with Crippen molar-refractivity contribution in [3.63, 3.8) is 0 Å². The highest BCUT2D eigenvalue weighted by Gasteiger charge is 2.10. The third kappa shape index (κ3) is 2.24. The summed E-state index contributed by atoms with van der Waals surface area (Å²) < 4.78 is 0. The van der Waals surface area contributed by atoms with Crippen LogP contribution in [0.25, 0.3) is 22.8 Å². The number of aromatic amines is 1. The van der Waals surface area contributed by atoms with E-state index in [1.165, 1.54) is 6.20 Å². The fraction of sp³-hybridized carbons (Fsp3) is 0. The van der Waals surface area contributed by atoms with Crippen molar-refractivity contribution in [2.75, 3.05) is 0 Å². The van der Waals surface area contributed by atoms with E-state index in [2.05, 4.69) is 25.1 Å². The molecule has 0 atom stereocenters. The van der Waals surface area contributed by atoms with Crippen molar-refractivity contribution in [3.05, 3.63) is 48.5 Å². The molecule has 0 aliphatic rings. The van der Waals surface area contributed by atoms with Gasteiger partial charge in [0.15, 0.2) is 11.6 Å². The van der Waals surface area contributed by atoms with Crippen LogP contribution in [-0.2, 0) is 0 Å². The van der Waals surface area contributed by atoms with Crippen molar-refractivity contribution in [2.24, 2.45) is 5.73 Å². The molecule has 0 bridgehead atoms. The van der Waals surface area contributed by atoms with E-state index in [0.717, 1.165) is 5.56 Å². The highest BCUT2D eigenvalue weighted by Crippen LogP contribution is 2.19. The topological polar surface area (TPSA) is 110 Å². The molecule has 3 aromatic rings. The van der Waals surface area contributed by atoms with Gasteiger partial charge in [0.25, 0.3) is 5.91 Å². The zero-order valence-corrected chi connectivity index (χ0v) is 10.3. The predicted molar refractivity (Wildman–Crippen MR) is 71.4 cm³/mol. The average molecular weight is 266 g/mol. The number of carbonyl (C=O) groups is 1. The van der Waals surface area contributed by atoms with E-state index < -0.39 is 5.91 Å². The molecule has 3 rings (SSSR count). The largest absolute Gasteiger partial charge is 0.364 e. The molecule has 7 nitrogen and oxygen atoms in total. The number of carbonyl (C=O) groups excluding carboxylic acids is 1. The maximum atomic E-state index is 11.1. The number of aromatic nitrogens is 5. The average Bonchev–Trinajstić information content (AvgIpc) is 2.98. The predicted octanol–water partition coefficient (Wildman–Crippen LogP) is 1.03. The number of nitrogens with one attached hydrogen (secondary N) is 1. The van der Waals surface area contributed by atoms with Crippen LogP contribution in [0.15, 0.2) is 42.9 Å². The van der Waals surface area contributed by atoms with Crippen molar-refractivity contribution in [3.8, 4) is 22.8 Å². The first kappa shape index (κ1) is 12.0. The second kappa shape index (κ2) is 4.88. The van der Waals surface area contributed by atoms with E-state index in [-0.39, 0.29) is 5.69 Å². The van der Waals surface area contributed by atoms with Gasteiger partial charge < -0.3 is 5.73 Å². The van der Waals surface area contributed by atoms with Gasteiger partial charge in [0.1, 0.15) is 5.69 Å². The molecule has 0 unspecified atom stereocenters. The lowest BCUT2D eigenvalue weighted by molar-refractivity contribution is 0.0995. The van der Waals surface area contributed by atoms with Crippen LogP contribution in [-0.4, -0.2) is 31.1 Å². The zero-order valence-electron chi connectivity index (χ0n) is 10.3. The van der Waals surface area contributed by atoms with Crippen molar-refractivity contribution in [1.82, 2.24) is 25.1 Å². The number of amides is 1. The summed E-state index contributed by atoms with van der Waals surface area (Å²) in [5.74, 6) is 0.512. The van der Waals surface area contributed by atoms with Crippen molar-refractivity contribution >= 4 is 5.91 Å². The van der Waals surface area contributed by atoms with Gasteiger partial charge in [-0.2, -0.15) is 5.10 Å². The van der Waals surface area contributed by atoms with Crippen LogP contribution < -0.4 is 5.73 Å². The molecular weight excluding hydrogens is 256 g/mol. The number of nitrogens with zero attached hydrogens (tertiary/aromatic N) is 4. The second-order valence-corrected chi connectivity index (χ2v) is 4.04. The summed E-state index contributed by atoms with van der Waals surface area (Å²) in [4.78, 5) is 23.3. The Labute approximate surface area is 113 Å². The number of rotatable bonds is 3. The Morgan fingerprint density at radius 3 is 2.60 bits per heavy atom. The lowest BCUT2D eigenvalue weighted by Crippen LogP contribution is -2.12. The van der Waals surface area contributed by atoms with Gasteiger partial charge in [-0.3, -0.25) is 19.9 Å². The number of H-pyrrole nitrogens is 1. The van der Waals surface area contributed by atoms with Gasteiger partial charge in [0.2, 0.25) is 0 Å². The van der Waals surface area contributed by atoms with Crippen molar-refractivity contribution in [1.29, 1.82) is 0 Å². The maximum absolute atomic E-state index is 11.1. The summed E-state index contributed by atoms with van der Waals surface area (Å²) >= 11 is 0. The minimum Gasteiger partial charge on any atom is -0.364 e.